The van der Waals surface area contributed by atoms with Crippen molar-refractivity contribution in [3.05, 3.63) is 53.5 Å². The second-order valence-corrected chi connectivity index (χ2v) is 6.15. The predicted octanol–water partition coefficient (Wildman–Crippen LogP) is 2.91. The highest BCUT2D eigenvalue weighted by Gasteiger charge is 2.12. The average molecular weight is 298 g/mol. The standard InChI is InChI=1S/C18H26N4/c1-14-7-6-10-19-17(14)11-15(2)22(5)13-16-8-9-18(20-12-16)21(3)4/h6-10,12,15H,11,13H2,1-5H3/t15-/m0/s1. The summed E-state index contributed by atoms with van der Waals surface area (Å²) in [6.45, 7) is 5.27. The Morgan fingerprint density at radius 1 is 1.09 bits per heavy atom. The van der Waals surface area contributed by atoms with E-state index < -0.39 is 0 Å². The zero-order valence-corrected chi connectivity index (χ0v) is 14.2. The highest BCUT2D eigenvalue weighted by molar-refractivity contribution is 5.37. The number of nitrogens with zero attached hydrogens (tertiary/aromatic N) is 4. The summed E-state index contributed by atoms with van der Waals surface area (Å²) in [6.07, 6.45) is 4.80. The first-order chi connectivity index (χ1) is 10.5. The molecule has 0 radical (unpaired) electrons. The second-order valence-electron chi connectivity index (χ2n) is 6.15. The fraction of sp³-hybridized carbons (Fsp3) is 0.444. The van der Waals surface area contributed by atoms with Crippen LogP contribution in [0.15, 0.2) is 36.7 Å². The normalized spacial score (nSPS) is 12.5. The summed E-state index contributed by atoms with van der Waals surface area (Å²) in [5, 5.41) is 0. The summed E-state index contributed by atoms with van der Waals surface area (Å²) in [4.78, 5) is 13.3. The lowest BCUT2D eigenvalue weighted by Crippen LogP contribution is -2.31. The van der Waals surface area contributed by atoms with Gasteiger partial charge in [0.05, 0.1) is 0 Å². The van der Waals surface area contributed by atoms with Crippen LogP contribution in [0.3, 0.4) is 0 Å². The topological polar surface area (TPSA) is 32.3 Å². The van der Waals surface area contributed by atoms with E-state index in [-0.39, 0.29) is 0 Å². The number of hydrogen-bond acceptors (Lipinski definition) is 4. The molecule has 1 atom stereocenters. The van der Waals surface area contributed by atoms with E-state index in [2.05, 4.69) is 54.0 Å². The maximum Gasteiger partial charge on any atom is 0.127 e. The molecule has 0 saturated heterocycles. The lowest BCUT2D eigenvalue weighted by Gasteiger charge is -2.25. The Kier molecular flexibility index (Phi) is 5.50. The van der Waals surface area contributed by atoms with E-state index in [0.717, 1.165) is 18.8 Å². The molecule has 4 nitrogen and oxygen atoms in total. The second kappa shape index (κ2) is 7.36. The van der Waals surface area contributed by atoms with Gasteiger partial charge in [-0.1, -0.05) is 12.1 Å². The van der Waals surface area contributed by atoms with E-state index in [1.54, 1.807) is 0 Å². The van der Waals surface area contributed by atoms with Crippen molar-refractivity contribution in [1.82, 2.24) is 14.9 Å². The van der Waals surface area contributed by atoms with Crippen LogP contribution in [-0.4, -0.2) is 42.1 Å². The van der Waals surface area contributed by atoms with E-state index >= 15 is 0 Å². The monoisotopic (exact) mass is 298 g/mol. The minimum absolute atomic E-state index is 0.433. The zero-order valence-electron chi connectivity index (χ0n) is 14.2. The van der Waals surface area contributed by atoms with E-state index in [1.165, 1.54) is 16.8 Å². The third kappa shape index (κ3) is 4.28. The van der Waals surface area contributed by atoms with Gasteiger partial charge in [-0.05, 0) is 44.2 Å². The molecule has 0 saturated carbocycles. The van der Waals surface area contributed by atoms with Gasteiger partial charge in [-0.3, -0.25) is 9.88 Å². The molecular weight excluding hydrogens is 272 g/mol. The number of pyridine rings is 2. The van der Waals surface area contributed by atoms with Gasteiger partial charge < -0.3 is 4.90 Å². The number of aryl methyl sites for hydroxylation is 1. The van der Waals surface area contributed by atoms with Crippen molar-refractivity contribution >= 4 is 5.82 Å². The molecular formula is C18H26N4. The van der Waals surface area contributed by atoms with Crippen molar-refractivity contribution in [2.45, 2.75) is 32.9 Å². The first kappa shape index (κ1) is 16.4. The molecule has 0 aliphatic rings. The van der Waals surface area contributed by atoms with Crippen LogP contribution in [0.25, 0.3) is 0 Å². The number of rotatable bonds is 6. The molecule has 2 heterocycles. The van der Waals surface area contributed by atoms with E-state index in [0.29, 0.717) is 6.04 Å². The summed E-state index contributed by atoms with van der Waals surface area (Å²) in [5.41, 5.74) is 3.68. The van der Waals surface area contributed by atoms with Crippen molar-refractivity contribution in [2.75, 3.05) is 26.0 Å². The molecule has 0 aliphatic heterocycles. The summed E-state index contributed by atoms with van der Waals surface area (Å²) < 4.78 is 0. The number of hydrogen-bond donors (Lipinski definition) is 0. The van der Waals surface area contributed by atoms with Crippen molar-refractivity contribution in [2.24, 2.45) is 0 Å². The fourth-order valence-corrected chi connectivity index (χ4v) is 2.39. The molecule has 0 spiro atoms. The van der Waals surface area contributed by atoms with Crippen molar-refractivity contribution in [3.63, 3.8) is 0 Å². The molecule has 0 amide bonds. The van der Waals surface area contributed by atoms with Crippen LogP contribution in [0.1, 0.15) is 23.7 Å². The quantitative estimate of drug-likeness (QED) is 0.821. The zero-order chi connectivity index (χ0) is 16.1. The Morgan fingerprint density at radius 3 is 2.45 bits per heavy atom. The Bertz CT molecular complexity index is 592. The van der Waals surface area contributed by atoms with Crippen LogP contribution in [0.2, 0.25) is 0 Å². The first-order valence-corrected chi connectivity index (χ1v) is 7.70. The number of anilines is 1. The van der Waals surface area contributed by atoms with Crippen LogP contribution in [0.5, 0.6) is 0 Å². The molecule has 4 heteroatoms. The summed E-state index contributed by atoms with van der Waals surface area (Å²) >= 11 is 0. The van der Waals surface area contributed by atoms with Crippen LogP contribution in [-0.2, 0) is 13.0 Å². The van der Waals surface area contributed by atoms with Crippen molar-refractivity contribution < 1.29 is 0 Å². The van der Waals surface area contributed by atoms with Gasteiger partial charge >= 0.3 is 0 Å². The minimum Gasteiger partial charge on any atom is -0.363 e. The molecule has 0 aromatic carbocycles. The van der Waals surface area contributed by atoms with Crippen LogP contribution in [0, 0.1) is 6.92 Å². The van der Waals surface area contributed by atoms with Gasteiger partial charge in [-0.2, -0.15) is 0 Å². The molecule has 2 rings (SSSR count). The van der Waals surface area contributed by atoms with Gasteiger partial charge in [-0.15, -0.1) is 0 Å². The number of likely N-dealkylation sites (N-methyl/N-ethyl adjacent to an activating group) is 1. The largest absolute Gasteiger partial charge is 0.363 e. The third-order valence-electron chi connectivity index (χ3n) is 4.06. The van der Waals surface area contributed by atoms with Gasteiger partial charge in [-0.25, -0.2) is 4.98 Å². The lowest BCUT2D eigenvalue weighted by atomic mass is 10.1. The summed E-state index contributed by atoms with van der Waals surface area (Å²) in [7, 11) is 6.17. The molecule has 0 N–H and O–H groups in total. The summed E-state index contributed by atoms with van der Waals surface area (Å²) in [5.74, 6) is 0.989. The Hall–Kier alpha value is -1.94. The molecule has 2 aromatic rings. The maximum absolute atomic E-state index is 4.49. The molecule has 0 bridgehead atoms. The molecule has 0 fully saturated rings. The molecule has 2 aromatic heterocycles. The Morgan fingerprint density at radius 2 is 1.86 bits per heavy atom. The molecule has 118 valence electrons. The highest BCUT2D eigenvalue weighted by Crippen LogP contribution is 2.13. The Balaban J connectivity index is 1.96. The third-order valence-corrected chi connectivity index (χ3v) is 4.06. The lowest BCUT2D eigenvalue weighted by molar-refractivity contribution is 0.246. The number of aromatic nitrogens is 2. The van der Waals surface area contributed by atoms with Gasteiger partial charge in [0.15, 0.2) is 0 Å². The van der Waals surface area contributed by atoms with E-state index in [9.17, 15) is 0 Å². The molecule has 0 aliphatic carbocycles. The highest BCUT2D eigenvalue weighted by atomic mass is 15.1. The predicted molar refractivity (Wildman–Crippen MR) is 92.2 cm³/mol. The van der Waals surface area contributed by atoms with E-state index in [1.807, 2.05) is 37.5 Å². The molecule has 0 unspecified atom stereocenters. The fourth-order valence-electron chi connectivity index (χ4n) is 2.39. The van der Waals surface area contributed by atoms with Gasteiger partial charge in [0.25, 0.3) is 0 Å². The maximum atomic E-state index is 4.49. The Labute approximate surface area is 133 Å². The van der Waals surface area contributed by atoms with Gasteiger partial charge in [0, 0.05) is 51.2 Å². The smallest absolute Gasteiger partial charge is 0.127 e. The van der Waals surface area contributed by atoms with Crippen molar-refractivity contribution in [3.8, 4) is 0 Å². The van der Waals surface area contributed by atoms with Crippen LogP contribution in [0.4, 0.5) is 5.82 Å². The average Bonchev–Trinajstić information content (AvgIpc) is 2.50. The van der Waals surface area contributed by atoms with Crippen LogP contribution < -0.4 is 4.90 Å². The summed E-state index contributed by atoms with van der Waals surface area (Å²) in [6, 6.07) is 8.76. The first-order valence-electron chi connectivity index (χ1n) is 7.70. The van der Waals surface area contributed by atoms with Crippen molar-refractivity contribution in [1.29, 1.82) is 0 Å². The SMILES string of the molecule is Cc1cccnc1C[C@H](C)N(C)Cc1ccc(N(C)C)nc1. The van der Waals surface area contributed by atoms with Gasteiger partial charge in [0.2, 0.25) is 0 Å². The van der Waals surface area contributed by atoms with Gasteiger partial charge in [0.1, 0.15) is 5.82 Å². The molecule has 22 heavy (non-hydrogen) atoms. The van der Waals surface area contributed by atoms with Crippen LogP contribution >= 0.6 is 0 Å². The minimum atomic E-state index is 0.433. The van der Waals surface area contributed by atoms with E-state index in [4.69, 9.17) is 0 Å².